The molecule has 6 rings (SSSR count). The van der Waals surface area contributed by atoms with Crippen molar-refractivity contribution in [1.82, 2.24) is 18.6 Å². The van der Waals surface area contributed by atoms with Crippen molar-refractivity contribution < 1.29 is 10.2 Å². The van der Waals surface area contributed by atoms with Gasteiger partial charge in [-0.15, -0.1) is 0 Å². The number of allylic oxidation sites excluding steroid dienone is 2. The van der Waals surface area contributed by atoms with Crippen molar-refractivity contribution in [3.05, 3.63) is 154 Å². The van der Waals surface area contributed by atoms with Crippen LogP contribution in [0.2, 0.25) is 0 Å². The average Bonchev–Trinajstić information content (AvgIpc) is 3.16. The first-order valence-electron chi connectivity index (χ1n) is 17.8. The molecule has 2 heterocycles. The molecular weight excluding hydrogens is 735 g/mol. The molecule has 0 radical (unpaired) electrons. The van der Waals surface area contributed by atoms with Gasteiger partial charge in [-0.3, -0.25) is 0 Å². The summed E-state index contributed by atoms with van der Waals surface area (Å²) in [6, 6.07) is 33.3. The fraction of sp³-hybridized carbons (Fsp3) is 0.150. The fourth-order valence-electron chi connectivity index (χ4n) is 5.73. The molecule has 0 aromatic heterocycles. The summed E-state index contributed by atoms with van der Waals surface area (Å²) in [4.78, 5) is 4.08. The summed E-state index contributed by atoms with van der Waals surface area (Å²) in [5, 5.41) is 28.3. The monoisotopic (exact) mass is 776 g/mol. The van der Waals surface area contributed by atoms with Crippen molar-refractivity contribution in [2.24, 2.45) is 0 Å². The molecule has 0 aliphatic carbocycles. The van der Waals surface area contributed by atoms with Gasteiger partial charge in [0.1, 0.15) is 0 Å². The van der Waals surface area contributed by atoms with Crippen molar-refractivity contribution in [3.8, 4) is 0 Å². The molecule has 0 bridgehead atoms. The van der Waals surface area contributed by atoms with Crippen LogP contribution in [0.5, 0.6) is 0 Å². The predicted octanol–water partition coefficient (Wildman–Crippen LogP) is 5.46. The quantitative estimate of drug-likeness (QED) is 0.0495. The van der Waals surface area contributed by atoms with Crippen molar-refractivity contribution in [1.29, 1.82) is 0 Å². The third kappa shape index (κ3) is 11.6. The van der Waals surface area contributed by atoms with Gasteiger partial charge in [0, 0.05) is 0 Å². The molecule has 0 spiro atoms. The second-order valence-electron chi connectivity index (χ2n) is 12.9. The molecule has 0 fully saturated rings. The summed E-state index contributed by atoms with van der Waals surface area (Å²) in [6.07, 6.45) is 12.7. The number of rotatable bonds is 16. The number of aliphatic hydroxyl groups is 2. The summed E-state index contributed by atoms with van der Waals surface area (Å²) in [6.45, 7) is 1.24. The first kappa shape index (κ1) is 40.3. The van der Waals surface area contributed by atoms with E-state index in [2.05, 4.69) is 82.2 Å². The Morgan fingerprint density at radius 2 is 1.00 bits per heavy atom. The summed E-state index contributed by atoms with van der Waals surface area (Å²) in [5.41, 5.74) is 15.4. The summed E-state index contributed by atoms with van der Waals surface area (Å²) in [5.74, 6) is 0. The van der Waals surface area contributed by atoms with Crippen LogP contribution in [-0.4, -0.2) is 125 Å². The Bertz CT molecular complexity index is 1900. The van der Waals surface area contributed by atoms with E-state index in [1.165, 1.54) is 16.8 Å². The molecule has 0 saturated heterocycles. The Morgan fingerprint density at radius 3 is 1.37 bits per heavy atom. The van der Waals surface area contributed by atoms with Gasteiger partial charge in [0.15, 0.2) is 0 Å². The number of hydrogen-bond acceptors (Lipinski definition) is 12. The molecule has 268 valence electrons. The van der Waals surface area contributed by atoms with E-state index in [4.69, 9.17) is 0 Å². The third-order valence-electron chi connectivity index (χ3n) is 8.75. The van der Waals surface area contributed by atoms with E-state index in [1.807, 2.05) is 106 Å². The number of likely N-dealkylation sites (N-methyl/N-ethyl adjacent to an activating group) is 2. The van der Waals surface area contributed by atoms with E-state index < -0.39 is 0 Å². The molecular formula is C40H42N8Na2O2S2. The van der Waals surface area contributed by atoms with Crippen LogP contribution in [0.15, 0.2) is 143 Å². The van der Waals surface area contributed by atoms with Crippen LogP contribution in [0.1, 0.15) is 11.1 Å². The number of hydrazine groups is 2. The van der Waals surface area contributed by atoms with Gasteiger partial charge in [0.2, 0.25) is 0 Å². The molecule has 4 aromatic rings. The second kappa shape index (κ2) is 20.0. The van der Waals surface area contributed by atoms with Crippen molar-refractivity contribution >= 4 is 120 Å². The van der Waals surface area contributed by atoms with Crippen LogP contribution in [-0.2, 0) is 0 Å². The van der Waals surface area contributed by atoms with E-state index in [0.29, 0.717) is 13.1 Å². The average molecular weight is 777 g/mol. The standard InChI is InChI=1S/C40H42N8O2S2.2Na/c1-45(23-25-49)37-27-39(51-47(29-37)43-35-9-5-3-6-10-35)41-33-19-15-31(16-20-33)13-14-32-17-21-34(22-18-32)42-40-28-38(46(2)24-26-50)30-48(52-40)44-36-11-7-4-8-12-36;;/h3-15,17,19-22,27-30,41-44,49-50H,23-26H2,1-2H3;;. The predicted molar refractivity (Wildman–Crippen MR) is 231 cm³/mol. The van der Waals surface area contributed by atoms with Gasteiger partial charge in [0.05, 0.1) is 0 Å². The first-order valence-corrected chi connectivity index (χ1v) is 21.3. The zero-order chi connectivity index (χ0) is 37.9. The Balaban J connectivity index is 1.11. The summed E-state index contributed by atoms with van der Waals surface area (Å²) >= 11 is 4.95. The van der Waals surface area contributed by atoms with E-state index in [1.54, 1.807) is 23.9 Å². The van der Waals surface area contributed by atoms with Crippen LogP contribution in [0.3, 0.4) is 0 Å². The molecule has 0 unspecified atom stereocenters. The zero-order valence-electron chi connectivity index (χ0n) is 31.0. The Hall–Kier alpha value is -3.40. The zero-order valence-corrected chi connectivity index (χ0v) is 36.7. The fourth-order valence-corrected chi connectivity index (χ4v) is 8.74. The van der Waals surface area contributed by atoms with Crippen LogP contribution < -0.4 is 27.1 Å². The maximum atomic E-state index is 9.56. The minimum absolute atomic E-state index is 0.0817. The minimum atomic E-state index is 0.0817. The molecule has 6 N–H and O–H groups in total. The summed E-state index contributed by atoms with van der Waals surface area (Å²) in [7, 11) is 3.97. The van der Waals surface area contributed by atoms with Gasteiger partial charge in [-0.1, -0.05) is 0 Å². The maximum absolute atomic E-state index is 9.56. The molecule has 0 saturated carbocycles. The van der Waals surface area contributed by atoms with Gasteiger partial charge in [-0.05, 0) is 0 Å². The van der Waals surface area contributed by atoms with Crippen molar-refractivity contribution in [2.75, 3.05) is 61.9 Å². The van der Waals surface area contributed by atoms with E-state index in [9.17, 15) is 10.2 Å². The molecule has 0 amide bonds. The van der Waals surface area contributed by atoms with E-state index >= 15 is 0 Å². The van der Waals surface area contributed by atoms with Gasteiger partial charge < -0.3 is 0 Å². The number of benzene rings is 4. The van der Waals surface area contributed by atoms with Crippen LogP contribution in [0.25, 0.3) is 12.2 Å². The van der Waals surface area contributed by atoms with E-state index in [-0.39, 0.29) is 13.2 Å². The topological polar surface area (TPSA) is 102 Å². The van der Waals surface area contributed by atoms with Gasteiger partial charge in [-0.2, -0.15) is 0 Å². The van der Waals surface area contributed by atoms with Crippen LogP contribution >= 0.6 is 23.9 Å². The number of nitrogens with one attached hydrogen (secondary N) is 4. The van der Waals surface area contributed by atoms with Crippen molar-refractivity contribution in [2.45, 2.75) is 0 Å². The molecule has 2 aliphatic heterocycles. The number of hydrogen-bond donors (Lipinski definition) is 6. The number of nitrogens with zero attached hydrogens (tertiary/aromatic N) is 4. The molecule has 4 aromatic carbocycles. The van der Waals surface area contributed by atoms with Crippen LogP contribution in [0.4, 0.5) is 22.7 Å². The normalized spacial score (nSPS) is 14.2. The number of para-hydroxylation sites is 2. The van der Waals surface area contributed by atoms with Gasteiger partial charge in [-0.25, -0.2) is 0 Å². The third-order valence-corrected chi connectivity index (χ3v) is 12.1. The SMILES string of the molecule is CN(CCO)C1=CN(Nc2ccccc2)SC(Nc2ccc(C=Cc3ccc(NC4=CC(N(C)CCO)=CN(Nc5ccccc5)S4)c[c]3[Na])[c]([Na])c2)=C1. The Kier molecular flexibility index (Phi) is 14.9. The number of aliphatic hydroxyl groups excluding tert-OH is 2. The molecule has 2 aliphatic rings. The number of anilines is 4. The Morgan fingerprint density at radius 1 is 0.593 bits per heavy atom. The second-order valence-corrected chi connectivity index (χ2v) is 17.1. The Labute approximate surface area is 361 Å². The molecule has 54 heavy (non-hydrogen) atoms. The molecule has 14 heteroatoms. The van der Waals surface area contributed by atoms with E-state index in [0.717, 1.165) is 100 Å². The van der Waals surface area contributed by atoms with Crippen molar-refractivity contribution in [3.63, 3.8) is 0 Å². The van der Waals surface area contributed by atoms with Crippen LogP contribution in [0, 0.1) is 0 Å². The summed E-state index contributed by atoms with van der Waals surface area (Å²) < 4.78 is 6.59. The van der Waals surface area contributed by atoms with Gasteiger partial charge in [0.25, 0.3) is 0 Å². The van der Waals surface area contributed by atoms with Gasteiger partial charge >= 0.3 is 365 Å². The first-order chi connectivity index (χ1) is 26.3. The molecule has 0 atom stereocenters. The molecule has 10 nitrogen and oxygen atoms in total.